The highest BCUT2D eigenvalue weighted by molar-refractivity contribution is 7.90. The Kier molecular flexibility index (Phi) is 4.37. The number of amides is 1. The lowest BCUT2D eigenvalue weighted by atomic mass is 9.73. The Labute approximate surface area is 107 Å². The topological polar surface area (TPSA) is 91.8 Å². The summed E-state index contributed by atoms with van der Waals surface area (Å²) in [5, 5.41) is 8.89. The molecule has 0 aromatic carbocycles. The largest absolute Gasteiger partial charge is 0.481 e. The molecule has 18 heavy (non-hydrogen) atoms. The molecular formula is C11H19NO5S. The summed E-state index contributed by atoms with van der Waals surface area (Å²) in [6.07, 6.45) is 2.19. The zero-order valence-corrected chi connectivity index (χ0v) is 11.6. The summed E-state index contributed by atoms with van der Waals surface area (Å²) in [5.74, 6) is -2.46. The summed E-state index contributed by atoms with van der Waals surface area (Å²) in [6.45, 7) is 1.65. The van der Waals surface area contributed by atoms with E-state index >= 15 is 0 Å². The van der Waals surface area contributed by atoms with Gasteiger partial charge in [-0.25, -0.2) is 8.42 Å². The van der Waals surface area contributed by atoms with Gasteiger partial charge in [-0.15, -0.1) is 0 Å². The minimum atomic E-state index is -3.16. The highest BCUT2D eigenvalue weighted by Gasteiger charge is 2.43. The van der Waals surface area contributed by atoms with Crippen LogP contribution in [0.2, 0.25) is 0 Å². The van der Waals surface area contributed by atoms with Crippen molar-refractivity contribution in [2.75, 3.05) is 19.1 Å². The van der Waals surface area contributed by atoms with Gasteiger partial charge in [0.1, 0.15) is 9.84 Å². The molecule has 0 aromatic heterocycles. The van der Waals surface area contributed by atoms with E-state index in [2.05, 4.69) is 0 Å². The first-order valence-electron chi connectivity index (χ1n) is 5.80. The van der Waals surface area contributed by atoms with Crippen LogP contribution in [0.15, 0.2) is 0 Å². The Bertz CT molecular complexity index is 444. The molecular weight excluding hydrogens is 258 g/mol. The van der Waals surface area contributed by atoms with Crippen molar-refractivity contribution in [1.82, 2.24) is 4.90 Å². The van der Waals surface area contributed by atoms with Crippen LogP contribution in [0.3, 0.4) is 0 Å². The average Bonchev–Trinajstić information content (AvgIpc) is 2.10. The second-order valence-corrected chi connectivity index (χ2v) is 7.20. The summed E-state index contributed by atoms with van der Waals surface area (Å²) < 4.78 is 22.3. The highest BCUT2D eigenvalue weighted by atomic mass is 32.2. The molecule has 1 N–H and O–H groups in total. The maximum atomic E-state index is 12.0. The van der Waals surface area contributed by atoms with Crippen LogP contribution in [-0.2, 0) is 19.4 Å². The number of hydrogen-bond donors (Lipinski definition) is 1. The first kappa shape index (κ1) is 14.9. The van der Waals surface area contributed by atoms with Crippen LogP contribution in [0.1, 0.15) is 19.8 Å². The Morgan fingerprint density at radius 1 is 1.33 bits per heavy atom. The van der Waals surface area contributed by atoms with Gasteiger partial charge in [-0.2, -0.15) is 0 Å². The molecule has 0 radical (unpaired) electrons. The number of carbonyl (C=O) groups excluding carboxylic acids is 1. The summed E-state index contributed by atoms with van der Waals surface area (Å²) in [4.78, 5) is 24.2. The summed E-state index contributed by atoms with van der Waals surface area (Å²) in [6, 6.07) is -0.442. The predicted octanol–water partition coefficient (Wildman–Crippen LogP) is -0.0113. The van der Waals surface area contributed by atoms with Crippen LogP contribution in [0.25, 0.3) is 0 Å². The SMILES string of the molecule is CC(CS(C)(=O)=O)N(C)C(=O)C1CCC1C(=O)O. The van der Waals surface area contributed by atoms with Crippen molar-refractivity contribution in [3.63, 3.8) is 0 Å². The smallest absolute Gasteiger partial charge is 0.307 e. The molecule has 6 nitrogen and oxygen atoms in total. The normalized spacial score (nSPS) is 25.1. The molecule has 3 atom stereocenters. The molecule has 1 aliphatic carbocycles. The molecule has 3 unspecified atom stereocenters. The number of rotatable bonds is 5. The van der Waals surface area contributed by atoms with Gasteiger partial charge in [-0.05, 0) is 19.8 Å². The van der Waals surface area contributed by atoms with Crippen LogP contribution in [0.4, 0.5) is 0 Å². The van der Waals surface area contributed by atoms with E-state index in [4.69, 9.17) is 5.11 Å². The number of hydrogen-bond acceptors (Lipinski definition) is 4. The van der Waals surface area contributed by atoms with Crippen LogP contribution < -0.4 is 0 Å². The van der Waals surface area contributed by atoms with Crippen molar-refractivity contribution in [2.45, 2.75) is 25.8 Å². The zero-order valence-electron chi connectivity index (χ0n) is 10.8. The lowest BCUT2D eigenvalue weighted by Crippen LogP contribution is -2.48. The molecule has 0 spiro atoms. The fraction of sp³-hybridized carbons (Fsp3) is 0.818. The third-order valence-electron chi connectivity index (χ3n) is 3.46. The van der Waals surface area contributed by atoms with E-state index in [0.29, 0.717) is 12.8 Å². The molecule has 1 aliphatic rings. The molecule has 0 saturated heterocycles. The Balaban J connectivity index is 2.64. The maximum absolute atomic E-state index is 12.0. The van der Waals surface area contributed by atoms with Crippen LogP contribution in [0, 0.1) is 11.8 Å². The summed E-state index contributed by atoms with van der Waals surface area (Å²) >= 11 is 0. The first-order chi connectivity index (χ1) is 8.13. The van der Waals surface area contributed by atoms with Gasteiger partial charge in [-0.1, -0.05) is 0 Å². The van der Waals surface area contributed by atoms with E-state index in [9.17, 15) is 18.0 Å². The maximum Gasteiger partial charge on any atom is 0.307 e. The fourth-order valence-electron chi connectivity index (χ4n) is 2.12. The van der Waals surface area contributed by atoms with Gasteiger partial charge < -0.3 is 10.0 Å². The van der Waals surface area contributed by atoms with E-state index in [0.717, 1.165) is 6.26 Å². The van der Waals surface area contributed by atoms with Gasteiger partial charge in [0.2, 0.25) is 5.91 Å². The third kappa shape index (κ3) is 3.44. The van der Waals surface area contributed by atoms with E-state index < -0.39 is 33.7 Å². The zero-order chi connectivity index (χ0) is 14.1. The van der Waals surface area contributed by atoms with E-state index in [1.165, 1.54) is 11.9 Å². The first-order valence-corrected chi connectivity index (χ1v) is 7.86. The summed E-state index contributed by atoms with van der Waals surface area (Å²) in [7, 11) is -1.63. The highest BCUT2D eigenvalue weighted by Crippen LogP contribution is 2.36. The lowest BCUT2D eigenvalue weighted by molar-refractivity contribution is -0.156. The Hall–Kier alpha value is -1.11. The van der Waals surface area contributed by atoms with Crippen molar-refractivity contribution < 1.29 is 23.1 Å². The molecule has 0 heterocycles. The van der Waals surface area contributed by atoms with Crippen molar-refractivity contribution in [3.8, 4) is 0 Å². The van der Waals surface area contributed by atoms with Crippen molar-refractivity contribution in [2.24, 2.45) is 11.8 Å². The average molecular weight is 277 g/mol. The molecule has 1 rings (SSSR count). The van der Waals surface area contributed by atoms with Crippen LogP contribution in [0.5, 0.6) is 0 Å². The Morgan fingerprint density at radius 3 is 2.17 bits per heavy atom. The number of nitrogens with zero attached hydrogens (tertiary/aromatic N) is 1. The second kappa shape index (κ2) is 5.26. The number of aliphatic carboxylic acids is 1. The van der Waals surface area contributed by atoms with Gasteiger partial charge in [0.25, 0.3) is 0 Å². The number of carbonyl (C=O) groups is 2. The number of carboxylic acid groups (broad SMARTS) is 1. The van der Waals surface area contributed by atoms with E-state index in [-0.39, 0.29) is 11.7 Å². The molecule has 1 amide bonds. The molecule has 1 saturated carbocycles. The number of sulfone groups is 1. The van der Waals surface area contributed by atoms with Crippen LogP contribution >= 0.6 is 0 Å². The minimum absolute atomic E-state index is 0.111. The van der Waals surface area contributed by atoms with Gasteiger partial charge >= 0.3 is 5.97 Å². The molecule has 0 aromatic rings. The molecule has 0 aliphatic heterocycles. The lowest BCUT2D eigenvalue weighted by Gasteiger charge is -2.36. The minimum Gasteiger partial charge on any atom is -0.481 e. The van der Waals surface area contributed by atoms with Gasteiger partial charge in [0.05, 0.1) is 17.6 Å². The molecule has 104 valence electrons. The second-order valence-electron chi connectivity index (χ2n) is 5.02. The van der Waals surface area contributed by atoms with Crippen molar-refractivity contribution >= 4 is 21.7 Å². The Morgan fingerprint density at radius 2 is 1.83 bits per heavy atom. The quantitative estimate of drug-likeness (QED) is 0.763. The van der Waals surface area contributed by atoms with E-state index in [1.807, 2.05) is 0 Å². The van der Waals surface area contributed by atoms with Crippen molar-refractivity contribution in [3.05, 3.63) is 0 Å². The van der Waals surface area contributed by atoms with E-state index in [1.54, 1.807) is 6.92 Å². The fourth-order valence-corrected chi connectivity index (χ4v) is 3.22. The standard InChI is InChI=1S/C11H19NO5S/c1-7(6-18(3,16)17)12(2)10(13)8-4-5-9(8)11(14)15/h7-9H,4-6H2,1-3H3,(H,14,15). The third-order valence-corrected chi connectivity index (χ3v) is 4.55. The molecule has 0 bridgehead atoms. The van der Waals surface area contributed by atoms with Gasteiger partial charge in [0, 0.05) is 19.3 Å². The molecule has 7 heteroatoms. The van der Waals surface area contributed by atoms with Crippen LogP contribution in [-0.4, -0.2) is 55.4 Å². The number of carboxylic acids is 1. The monoisotopic (exact) mass is 277 g/mol. The van der Waals surface area contributed by atoms with Gasteiger partial charge in [-0.3, -0.25) is 9.59 Å². The predicted molar refractivity (Wildman–Crippen MR) is 65.8 cm³/mol. The van der Waals surface area contributed by atoms with Gasteiger partial charge in [0.15, 0.2) is 0 Å². The summed E-state index contributed by atoms with van der Waals surface area (Å²) in [5.41, 5.74) is 0. The van der Waals surface area contributed by atoms with Crippen molar-refractivity contribution in [1.29, 1.82) is 0 Å². The molecule has 1 fully saturated rings.